The van der Waals surface area contributed by atoms with Gasteiger partial charge in [-0.3, -0.25) is 14.8 Å². The van der Waals surface area contributed by atoms with Crippen LogP contribution >= 0.6 is 0 Å². The maximum absolute atomic E-state index is 12.7. The lowest BCUT2D eigenvalue weighted by Gasteiger charge is -2.34. The Hall–Kier alpha value is -3.00. The number of likely N-dealkylation sites (tertiary alicyclic amines) is 1. The van der Waals surface area contributed by atoms with Crippen molar-refractivity contribution < 1.29 is 14.3 Å². The number of nitrogens with one attached hydrogen (secondary N) is 1. The number of esters is 1. The van der Waals surface area contributed by atoms with Gasteiger partial charge in [0.1, 0.15) is 6.04 Å². The molecule has 0 radical (unpaired) electrons. The summed E-state index contributed by atoms with van der Waals surface area (Å²) in [4.78, 5) is 37.2. The van der Waals surface area contributed by atoms with Gasteiger partial charge in [0, 0.05) is 62.9 Å². The topological polar surface area (TPSA) is 87.7 Å². The highest BCUT2D eigenvalue weighted by Gasteiger charge is 2.34. The van der Waals surface area contributed by atoms with Crippen LogP contribution in [0.4, 0.5) is 5.69 Å². The number of methoxy groups -OCH3 is 1. The number of benzene rings is 1. The first-order chi connectivity index (χ1) is 16.1. The number of hydrogen-bond donors (Lipinski definition) is 1. The van der Waals surface area contributed by atoms with Crippen LogP contribution < -0.4 is 10.2 Å². The number of piperidine rings is 1. The molecular weight excluding hydrogens is 418 g/mol. The molecule has 1 aromatic carbocycles. The lowest BCUT2D eigenvalue weighted by molar-refractivity contribution is -0.150. The van der Waals surface area contributed by atoms with Gasteiger partial charge in [-0.05, 0) is 43.4 Å². The molecular formula is C25H33N5O3. The minimum atomic E-state index is -0.433. The van der Waals surface area contributed by atoms with E-state index in [9.17, 15) is 9.59 Å². The molecule has 2 aliphatic rings. The van der Waals surface area contributed by atoms with E-state index in [0.29, 0.717) is 25.4 Å². The van der Waals surface area contributed by atoms with Crippen LogP contribution in [0.15, 0.2) is 42.9 Å². The molecule has 0 bridgehead atoms. The molecule has 0 spiro atoms. The van der Waals surface area contributed by atoms with E-state index in [2.05, 4.69) is 32.3 Å². The van der Waals surface area contributed by atoms with Crippen LogP contribution in [-0.2, 0) is 27.2 Å². The first kappa shape index (κ1) is 23.2. The largest absolute Gasteiger partial charge is 0.467 e. The van der Waals surface area contributed by atoms with Gasteiger partial charge >= 0.3 is 5.97 Å². The summed E-state index contributed by atoms with van der Waals surface area (Å²) in [6.07, 6.45) is 10.2. The van der Waals surface area contributed by atoms with Gasteiger partial charge in [-0.1, -0.05) is 12.1 Å². The summed E-state index contributed by atoms with van der Waals surface area (Å²) < 4.78 is 4.85. The van der Waals surface area contributed by atoms with Gasteiger partial charge < -0.3 is 19.9 Å². The highest BCUT2D eigenvalue weighted by atomic mass is 16.5. The minimum absolute atomic E-state index is 0.0102. The van der Waals surface area contributed by atoms with E-state index in [4.69, 9.17) is 4.74 Å². The second kappa shape index (κ2) is 11.2. The maximum Gasteiger partial charge on any atom is 0.328 e. The van der Waals surface area contributed by atoms with Crippen molar-refractivity contribution >= 4 is 17.6 Å². The second-order valence-electron chi connectivity index (χ2n) is 8.77. The number of ether oxygens (including phenoxy) is 1. The Balaban J connectivity index is 1.22. The molecule has 0 saturated carbocycles. The predicted molar refractivity (Wildman–Crippen MR) is 126 cm³/mol. The van der Waals surface area contributed by atoms with E-state index >= 15 is 0 Å². The standard InChI is InChI=1S/C25H33N5O3/c1-33-25(32)23-3-2-14-30(23)24(31)17-19-4-6-22(7-5-19)29-15-9-20(10-16-29)27-11-8-21-18-26-12-13-28-21/h4-7,12-13,18,20,23,27H,2-3,8-11,14-17H2,1H3/t23-/m0/s1. The third kappa shape index (κ3) is 6.07. The quantitative estimate of drug-likeness (QED) is 0.614. The molecule has 2 saturated heterocycles. The van der Waals surface area contributed by atoms with Crippen molar-refractivity contribution in [2.24, 2.45) is 0 Å². The second-order valence-corrected chi connectivity index (χ2v) is 8.77. The average Bonchev–Trinajstić information content (AvgIpc) is 3.36. The summed E-state index contributed by atoms with van der Waals surface area (Å²) >= 11 is 0. The van der Waals surface area contributed by atoms with Gasteiger partial charge in [0.05, 0.1) is 19.2 Å². The molecule has 176 valence electrons. The molecule has 8 nitrogen and oxygen atoms in total. The Bertz CT molecular complexity index is 913. The molecule has 3 heterocycles. The van der Waals surface area contributed by atoms with Gasteiger partial charge in [0.25, 0.3) is 0 Å². The normalized spacial score (nSPS) is 19.0. The molecule has 4 rings (SSSR count). The third-order valence-electron chi connectivity index (χ3n) is 6.63. The number of nitrogens with zero attached hydrogens (tertiary/aromatic N) is 4. The number of amides is 1. The van der Waals surface area contributed by atoms with Gasteiger partial charge in [-0.2, -0.15) is 0 Å². The van der Waals surface area contributed by atoms with Crippen molar-refractivity contribution in [3.8, 4) is 0 Å². The predicted octanol–water partition coefficient (Wildman–Crippen LogP) is 1.98. The molecule has 2 aliphatic heterocycles. The fraction of sp³-hybridized carbons (Fsp3) is 0.520. The fourth-order valence-electron chi connectivity index (χ4n) is 4.75. The minimum Gasteiger partial charge on any atom is -0.467 e. The zero-order valence-electron chi connectivity index (χ0n) is 19.3. The van der Waals surface area contributed by atoms with Crippen molar-refractivity contribution in [2.75, 3.05) is 38.2 Å². The molecule has 33 heavy (non-hydrogen) atoms. The molecule has 0 aliphatic carbocycles. The molecule has 0 unspecified atom stereocenters. The highest BCUT2D eigenvalue weighted by molar-refractivity contribution is 5.86. The fourth-order valence-corrected chi connectivity index (χ4v) is 4.75. The summed E-state index contributed by atoms with van der Waals surface area (Å²) in [7, 11) is 1.38. The van der Waals surface area contributed by atoms with E-state index in [-0.39, 0.29) is 11.9 Å². The summed E-state index contributed by atoms with van der Waals surface area (Å²) in [5.74, 6) is -0.327. The smallest absolute Gasteiger partial charge is 0.328 e. The van der Waals surface area contributed by atoms with Crippen molar-refractivity contribution in [1.82, 2.24) is 20.2 Å². The summed E-state index contributed by atoms with van der Waals surface area (Å²) in [6.45, 7) is 3.56. The Morgan fingerprint density at radius 2 is 1.88 bits per heavy atom. The van der Waals surface area contributed by atoms with Gasteiger partial charge in [-0.15, -0.1) is 0 Å². The molecule has 8 heteroatoms. The molecule has 1 amide bonds. The molecule has 2 aromatic rings. The van der Waals surface area contributed by atoms with Crippen molar-refractivity contribution in [3.05, 3.63) is 54.1 Å². The monoisotopic (exact) mass is 451 g/mol. The lowest BCUT2D eigenvalue weighted by atomic mass is 10.0. The van der Waals surface area contributed by atoms with Crippen molar-refractivity contribution in [1.29, 1.82) is 0 Å². The number of aromatic nitrogens is 2. The summed E-state index contributed by atoms with van der Waals surface area (Å²) in [5.41, 5.74) is 3.18. The number of anilines is 1. The first-order valence-corrected chi connectivity index (χ1v) is 11.8. The van der Waals surface area contributed by atoms with Crippen LogP contribution in [0.2, 0.25) is 0 Å². The van der Waals surface area contributed by atoms with E-state index in [1.54, 1.807) is 17.3 Å². The zero-order chi connectivity index (χ0) is 23.0. The Labute approximate surface area is 195 Å². The molecule has 2 fully saturated rings. The molecule has 1 aromatic heterocycles. The lowest BCUT2D eigenvalue weighted by Crippen LogP contribution is -2.43. The summed E-state index contributed by atoms with van der Waals surface area (Å²) in [5, 5.41) is 3.65. The highest BCUT2D eigenvalue weighted by Crippen LogP contribution is 2.23. The van der Waals surface area contributed by atoms with Crippen LogP contribution in [0.1, 0.15) is 36.9 Å². The van der Waals surface area contributed by atoms with Crippen LogP contribution in [0, 0.1) is 0 Å². The Morgan fingerprint density at radius 3 is 2.58 bits per heavy atom. The van der Waals surface area contributed by atoms with Crippen LogP contribution in [0.3, 0.4) is 0 Å². The number of carbonyl (C=O) groups excluding carboxylic acids is 2. The van der Waals surface area contributed by atoms with E-state index < -0.39 is 6.04 Å². The molecule has 1 N–H and O–H groups in total. The Morgan fingerprint density at radius 1 is 1.09 bits per heavy atom. The van der Waals surface area contributed by atoms with Crippen LogP contribution in [-0.4, -0.2) is 72.1 Å². The third-order valence-corrected chi connectivity index (χ3v) is 6.63. The van der Waals surface area contributed by atoms with Crippen molar-refractivity contribution in [2.45, 2.75) is 50.6 Å². The zero-order valence-corrected chi connectivity index (χ0v) is 19.3. The Kier molecular flexibility index (Phi) is 7.88. The van der Waals surface area contributed by atoms with Gasteiger partial charge in [0.15, 0.2) is 0 Å². The van der Waals surface area contributed by atoms with Crippen molar-refractivity contribution in [3.63, 3.8) is 0 Å². The van der Waals surface area contributed by atoms with E-state index in [1.165, 1.54) is 12.8 Å². The van der Waals surface area contributed by atoms with Gasteiger partial charge in [-0.25, -0.2) is 4.79 Å². The average molecular weight is 452 g/mol. The first-order valence-electron chi connectivity index (χ1n) is 11.8. The van der Waals surface area contributed by atoms with Gasteiger partial charge in [0.2, 0.25) is 5.91 Å². The maximum atomic E-state index is 12.7. The SMILES string of the molecule is COC(=O)[C@@H]1CCCN1C(=O)Cc1ccc(N2CCC(NCCc3cnccn3)CC2)cc1. The van der Waals surface area contributed by atoms with E-state index in [1.807, 2.05) is 18.3 Å². The number of hydrogen-bond acceptors (Lipinski definition) is 7. The van der Waals surface area contributed by atoms with Crippen LogP contribution in [0.5, 0.6) is 0 Å². The number of rotatable bonds is 8. The molecule has 1 atom stereocenters. The van der Waals surface area contributed by atoms with Crippen LogP contribution in [0.25, 0.3) is 0 Å². The summed E-state index contributed by atoms with van der Waals surface area (Å²) in [6, 6.07) is 8.36. The number of carbonyl (C=O) groups is 2. The van der Waals surface area contributed by atoms with E-state index in [0.717, 1.165) is 56.6 Å².